The van der Waals surface area contributed by atoms with Crippen molar-refractivity contribution in [1.82, 2.24) is 29.7 Å². The van der Waals surface area contributed by atoms with E-state index in [-0.39, 0.29) is 23.6 Å². The van der Waals surface area contributed by atoms with Gasteiger partial charge in [-0.05, 0) is 36.2 Å². The Hall–Kier alpha value is -4.25. The molecule has 40 heavy (non-hydrogen) atoms. The Morgan fingerprint density at radius 2 is 1.90 bits per heavy atom. The van der Waals surface area contributed by atoms with Crippen molar-refractivity contribution in [1.29, 1.82) is 0 Å². The zero-order chi connectivity index (χ0) is 27.6. The molecular formula is C29H30N6O4S. The molecule has 0 radical (unpaired) electrons. The monoisotopic (exact) mass is 558 g/mol. The average molecular weight is 559 g/mol. The summed E-state index contributed by atoms with van der Waals surface area (Å²) in [6.45, 7) is 2.38. The highest BCUT2D eigenvalue weighted by molar-refractivity contribution is 7.17. The minimum atomic E-state index is -0.406. The molecule has 4 aromatic rings. The molecule has 6 rings (SSSR count). The number of hydrogen-bond donors (Lipinski definition) is 1. The maximum atomic E-state index is 13.6. The SMILES string of the molecule is Cn1cncc1C(=O)N1C[C@@H]2C(=O)NCCCN(C(=O)c3cccc4ncsc34)CCOc3cccc(c3)[C@H]2C1. The lowest BCUT2D eigenvalue weighted by atomic mass is 9.88. The molecule has 0 unspecified atom stereocenters. The van der Waals surface area contributed by atoms with Crippen molar-refractivity contribution in [2.45, 2.75) is 12.3 Å². The van der Waals surface area contributed by atoms with Crippen molar-refractivity contribution in [3.63, 3.8) is 0 Å². The number of likely N-dealkylation sites (tertiary alicyclic amines) is 1. The van der Waals surface area contributed by atoms with Gasteiger partial charge in [-0.25, -0.2) is 9.97 Å². The molecule has 11 heteroatoms. The Labute approximate surface area is 235 Å². The van der Waals surface area contributed by atoms with Crippen LogP contribution in [0.4, 0.5) is 0 Å². The number of carbonyl (C=O) groups is 3. The van der Waals surface area contributed by atoms with E-state index < -0.39 is 5.92 Å². The number of rotatable bonds is 2. The summed E-state index contributed by atoms with van der Waals surface area (Å²) in [5.74, 6) is -0.219. The van der Waals surface area contributed by atoms with E-state index in [4.69, 9.17) is 4.74 Å². The summed E-state index contributed by atoms with van der Waals surface area (Å²) in [6, 6.07) is 13.3. The molecule has 0 saturated carbocycles. The lowest BCUT2D eigenvalue weighted by Crippen LogP contribution is -2.39. The summed E-state index contributed by atoms with van der Waals surface area (Å²) < 4.78 is 8.67. The van der Waals surface area contributed by atoms with E-state index in [9.17, 15) is 14.4 Å². The Kier molecular flexibility index (Phi) is 7.21. The first-order valence-corrected chi connectivity index (χ1v) is 14.2. The van der Waals surface area contributed by atoms with Crippen LogP contribution in [0, 0.1) is 5.92 Å². The van der Waals surface area contributed by atoms with Crippen molar-refractivity contribution in [2.75, 3.05) is 39.3 Å². The largest absolute Gasteiger partial charge is 0.492 e. The molecule has 1 saturated heterocycles. The minimum Gasteiger partial charge on any atom is -0.492 e. The molecular weight excluding hydrogens is 528 g/mol. The van der Waals surface area contributed by atoms with Crippen LogP contribution in [0.25, 0.3) is 10.2 Å². The van der Waals surface area contributed by atoms with Crippen LogP contribution < -0.4 is 10.1 Å². The minimum absolute atomic E-state index is 0.0780. The summed E-state index contributed by atoms with van der Waals surface area (Å²) in [6.07, 6.45) is 3.74. The summed E-state index contributed by atoms with van der Waals surface area (Å²) in [4.78, 5) is 52.2. The average Bonchev–Trinajstić information content (AvgIpc) is 3.72. The zero-order valence-electron chi connectivity index (χ0n) is 22.2. The Morgan fingerprint density at radius 3 is 2.75 bits per heavy atom. The molecule has 2 aromatic heterocycles. The number of hydrogen-bond acceptors (Lipinski definition) is 7. The van der Waals surface area contributed by atoms with Gasteiger partial charge in [0.2, 0.25) is 5.91 Å². The second-order valence-electron chi connectivity index (χ2n) is 10.2. The second kappa shape index (κ2) is 11.1. The van der Waals surface area contributed by atoms with Crippen molar-refractivity contribution < 1.29 is 19.1 Å². The van der Waals surface area contributed by atoms with Crippen LogP contribution in [0.5, 0.6) is 5.75 Å². The van der Waals surface area contributed by atoms with Gasteiger partial charge in [0.1, 0.15) is 18.1 Å². The highest BCUT2D eigenvalue weighted by Crippen LogP contribution is 2.35. The molecule has 1 N–H and O–H groups in total. The molecule has 2 bridgehead atoms. The number of nitrogens with zero attached hydrogens (tertiary/aromatic N) is 5. The Balaban J connectivity index is 1.23. The van der Waals surface area contributed by atoms with E-state index in [0.29, 0.717) is 62.8 Å². The first kappa shape index (κ1) is 26.0. The molecule has 10 nitrogen and oxygen atoms in total. The Morgan fingerprint density at radius 1 is 1.05 bits per heavy atom. The maximum Gasteiger partial charge on any atom is 0.272 e. The molecule has 2 atom stereocenters. The number of thiazole rings is 1. The van der Waals surface area contributed by atoms with Gasteiger partial charge in [0.15, 0.2) is 0 Å². The van der Waals surface area contributed by atoms with Gasteiger partial charge >= 0.3 is 0 Å². The van der Waals surface area contributed by atoms with E-state index in [2.05, 4.69) is 15.3 Å². The molecule has 2 aliphatic rings. The molecule has 2 aromatic carbocycles. The highest BCUT2D eigenvalue weighted by atomic mass is 32.1. The second-order valence-corrected chi connectivity index (χ2v) is 11.0. The quantitative estimate of drug-likeness (QED) is 0.405. The molecule has 0 aliphatic carbocycles. The van der Waals surface area contributed by atoms with Crippen LogP contribution in [0.3, 0.4) is 0 Å². The van der Waals surface area contributed by atoms with Gasteiger partial charge in [0.25, 0.3) is 11.8 Å². The molecule has 0 spiro atoms. The van der Waals surface area contributed by atoms with Crippen molar-refractivity contribution in [2.24, 2.45) is 13.0 Å². The van der Waals surface area contributed by atoms with Gasteiger partial charge in [-0.2, -0.15) is 0 Å². The van der Waals surface area contributed by atoms with E-state index in [0.717, 1.165) is 15.8 Å². The first-order valence-electron chi connectivity index (χ1n) is 13.4. The topological polar surface area (TPSA) is 110 Å². The van der Waals surface area contributed by atoms with Crippen LogP contribution in [0.1, 0.15) is 38.7 Å². The molecule has 4 heterocycles. The van der Waals surface area contributed by atoms with E-state index in [1.54, 1.807) is 39.4 Å². The number of nitrogens with one attached hydrogen (secondary N) is 1. The number of benzene rings is 2. The van der Waals surface area contributed by atoms with Crippen LogP contribution >= 0.6 is 11.3 Å². The van der Waals surface area contributed by atoms with Gasteiger partial charge in [0.05, 0.1) is 46.3 Å². The number of ether oxygens (including phenoxy) is 1. The Bertz CT molecular complexity index is 1560. The third-order valence-corrected chi connectivity index (χ3v) is 8.55. The van der Waals surface area contributed by atoms with Crippen molar-refractivity contribution in [3.05, 3.63) is 77.3 Å². The van der Waals surface area contributed by atoms with Crippen molar-refractivity contribution in [3.8, 4) is 5.75 Å². The summed E-state index contributed by atoms with van der Waals surface area (Å²) in [7, 11) is 1.78. The van der Waals surface area contributed by atoms with Gasteiger partial charge in [-0.1, -0.05) is 18.2 Å². The summed E-state index contributed by atoms with van der Waals surface area (Å²) in [5.41, 5.74) is 4.61. The predicted octanol–water partition coefficient (Wildman–Crippen LogP) is 2.93. The highest BCUT2D eigenvalue weighted by Gasteiger charge is 2.41. The number of fused-ring (bicyclic) bond motifs is 5. The third-order valence-electron chi connectivity index (χ3n) is 7.67. The van der Waals surface area contributed by atoms with Crippen LogP contribution in [0.15, 0.2) is 60.5 Å². The van der Waals surface area contributed by atoms with Gasteiger partial charge < -0.3 is 24.4 Å². The lowest BCUT2D eigenvalue weighted by molar-refractivity contribution is -0.124. The normalized spacial score (nSPS) is 20.0. The number of imidazole rings is 1. The zero-order valence-corrected chi connectivity index (χ0v) is 23.0. The fraction of sp³-hybridized carbons (Fsp3) is 0.345. The number of aromatic nitrogens is 3. The molecule has 3 amide bonds. The summed E-state index contributed by atoms with van der Waals surface area (Å²) in [5, 5.41) is 3.07. The smallest absolute Gasteiger partial charge is 0.272 e. The molecule has 206 valence electrons. The van der Waals surface area contributed by atoms with E-state index in [1.807, 2.05) is 42.5 Å². The number of amides is 3. The fourth-order valence-electron chi connectivity index (χ4n) is 5.56. The standard InChI is InChI=1S/C29H30N6O4S/c1-33-17-30-14-25(33)29(38)35-15-22-19-5-2-6-20(13-19)39-12-11-34(10-4-9-31-27(36)23(22)16-35)28(37)21-7-3-8-24-26(21)40-18-32-24/h2-3,5-8,13-14,17-18,22-23H,4,9-12,15-16H2,1H3,(H,31,36)/t22-,23+/m1/s1. The van der Waals surface area contributed by atoms with Crippen LogP contribution in [-0.4, -0.2) is 81.4 Å². The first-order chi connectivity index (χ1) is 19.5. The van der Waals surface area contributed by atoms with E-state index in [1.165, 1.54) is 11.3 Å². The lowest BCUT2D eigenvalue weighted by Gasteiger charge is -2.25. The van der Waals surface area contributed by atoms with Crippen LogP contribution in [0.2, 0.25) is 0 Å². The summed E-state index contributed by atoms with van der Waals surface area (Å²) >= 11 is 1.45. The van der Waals surface area contributed by atoms with Crippen LogP contribution in [-0.2, 0) is 11.8 Å². The van der Waals surface area contributed by atoms with Gasteiger partial charge in [0, 0.05) is 39.1 Å². The van der Waals surface area contributed by atoms with Gasteiger partial charge in [-0.3, -0.25) is 14.4 Å². The predicted molar refractivity (Wildman–Crippen MR) is 150 cm³/mol. The van der Waals surface area contributed by atoms with Crippen molar-refractivity contribution >= 4 is 39.3 Å². The number of aryl methyl sites for hydroxylation is 1. The van der Waals surface area contributed by atoms with Gasteiger partial charge in [-0.15, -0.1) is 11.3 Å². The molecule has 1 fully saturated rings. The third kappa shape index (κ3) is 5.04. The maximum absolute atomic E-state index is 13.6. The fourth-order valence-corrected chi connectivity index (χ4v) is 6.35. The molecule has 2 aliphatic heterocycles. The number of carbonyl (C=O) groups excluding carboxylic acids is 3. The van der Waals surface area contributed by atoms with E-state index >= 15 is 0 Å².